The van der Waals surface area contributed by atoms with E-state index in [2.05, 4.69) is 48.3 Å². The highest BCUT2D eigenvalue weighted by molar-refractivity contribution is 5.67. The first-order chi connectivity index (χ1) is 14.3. The van der Waals surface area contributed by atoms with Crippen LogP contribution in [0.3, 0.4) is 0 Å². The van der Waals surface area contributed by atoms with Crippen molar-refractivity contribution in [3.8, 4) is 28.1 Å². The maximum Gasteiger partial charge on any atom is 0.188 e. The van der Waals surface area contributed by atoms with Crippen LogP contribution < -0.4 is 4.74 Å². The standard InChI is InChI=1S/C26H31NO2/c1-3-4-5-6-7-8-21-9-11-22(12-10-21)24-15-18-26(27-19-24)23-13-16-25(17-14-23)29-20-28-2/h9-19H,3-8,20H2,1-2H3. The Morgan fingerprint density at radius 2 is 1.41 bits per heavy atom. The van der Waals surface area contributed by atoms with Crippen molar-refractivity contribution in [1.29, 1.82) is 0 Å². The Hall–Kier alpha value is -2.65. The van der Waals surface area contributed by atoms with Crippen molar-refractivity contribution in [2.75, 3.05) is 13.9 Å². The van der Waals surface area contributed by atoms with Gasteiger partial charge in [0.25, 0.3) is 0 Å². The van der Waals surface area contributed by atoms with Crippen LogP contribution in [0.25, 0.3) is 22.4 Å². The Kier molecular flexibility index (Phi) is 8.26. The van der Waals surface area contributed by atoms with Gasteiger partial charge < -0.3 is 9.47 Å². The van der Waals surface area contributed by atoms with Gasteiger partial charge in [-0.3, -0.25) is 4.98 Å². The summed E-state index contributed by atoms with van der Waals surface area (Å²) in [6, 6.07) is 21.0. The van der Waals surface area contributed by atoms with Crippen molar-refractivity contribution in [3.63, 3.8) is 0 Å². The number of pyridine rings is 1. The number of aryl methyl sites for hydroxylation is 1. The van der Waals surface area contributed by atoms with E-state index < -0.39 is 0 Å². The molecule has 3 heteroatoms. The maximum atomic E-state index is 5.43. The van der Waals surface area contributed by atoms with Gasteiger partial charge in [0.15, 0.2) is 6.79 Å². The minimum Gasteiger partial charge on any atom is -0.468 e. The molecule has 152 valence electrons. The summed E-state index contributed by atoms with van der Waals surface area (Å²) in [5, 5.41) is 0. The summed E-state index contributed by atoms with van der Waals surface area (Å²) >= 11 is 0. The van der Waals surface area contributed by atoms with E-state index in [1.807, 2.05) is 30.5 Å². The van der Waals surface area contributed by atoms with E-state index in [0.29, 0.717) is 0 Å². The van der Waals surface area contributed by atoms with E-state index >= 15 is 0 Å². The van der Waals surface area contributed by atoms with Crippen LogP contribution in [0.1, 0.15) is 44.6 Å². The van der Waals surface area contributed by atoms with E-state index in [-0.39, 0.29) is 6.79 Å². The molecule has 1 aromatic heterocycles. The van der Waals surface area contributed by atoms with Crippen molar-refractivity contribution in [3.05, 3.63) is 72.4 Å². The predicted molar refractivity (Wildman–Crippen MR) is 120 cm³/mol. The highest BCUT2D eigenvalue weighted by atomic mass is 16.7. The summed E-state index contributed by atoms with van der Waals surface area (Å²) < 4.78 is 10.4. The van der Waals surface area contributed by atoms with Gasteiger partial charge in [-0.05, 0) is 54.3 Å². The van der Waals surface area contributed by atoms with Gasteiger partial charge in [-0.1, -0.05) is 62.9 Å². The Morgan fingerprint density at radius 3 is 2.07 bits per heavy atom. The van der Waals surface area contributed by atoms with Gasteiger partial charge >= 0.3 is 0 Å². The molecule has 0 saturated heterocycles. The Morgan fingerprint density at radius 1 is 0.724 bits per heavy atom. The van der Waals surface area contributed by atoms with Gasteiger partial charge in [-0.15, -0.1) is 0 Å². The minimum absolute atomic E-state index is 0.254. The van der Waals surface area contributed by atoms with Crippen LogP contribution in [-0.4, -0.2) is 18.9 Å². The van der Waals surface area contributed by atoms with Crippen LogP contribution in [0.5, 0.6) is 5.75 Å². The highest BCUT2D eigenvalue weighted by Gasteiger charge is 2.03. The average Bonchev–Trinajstić information content (AvgIpc) is 2.78. The van der Waals surface area contributed by atoms with E-state index in [9.17, 15) is 0 Å². The highest BCUT2D eigenvalue weighted by Crippen LogP contribution is 2.25. The first-order valence-electron chi connectivity index (χ1n) is 10.6. The third-order valence-electron chi connectivity index (χ3n) is 5.11. The van der Waals surface area contributed by atoms with Gasteiger partial charge in [0, 0.05) is 24.4 Å². The number of hydrogen-bond acceptors (Lipinski definition) is 3. The van der Waals surface area contributed by atoms with E-state index in [1.165, 1.54) is 49.7 Å². The van der Waals surface area contributed by atoms with Crippen molar-refractivity contribution in [2.45, 2.75) is 45.4 Å². The van der Waals surface area contributed by atoms with Crippen LogP contribution in [0, 0.1) is 0 Å². The third-order valence-corrected chi connectivity index (χ3v) is 5.11. The molecule has 0 aliphatic heterocycles. The molecule has 29 heavy (non-hydrogen) atoms. The molecule has 0 N–H and O–H groups in total. The van der Waals surface area contributed by atoms with Gasteiger partial charge in [-0.2, -0.15) is 0 Å². The molecule has 0 fully saturated rings. The molecule has 0 aliphatic carbocycles. The lowest BCUT2D eigenvalue weighted by atomic mass is 10.0. The fourth-order valence-corrected chi connectivity index (χ4v) is 3.38. The number of nitrogens with zero attached hydrogens (tertiary/aromatic N) is 1. The predicted octanol–water partition coefficient (Wildman–Crippen LogP) is 6.91. The van der Waals surface area contributed by atoms with Crippen molar-refractivity contribution >= 4 is 0 Å². The topological polar surface area (TPSA) is 31.4 Å². The van der Waals surface area contributed by atoms with Gasteiger partial charge in [0.05, 0.1) is 5.69 Å². The molecule has 0 spiro atoms. The number of rotatable bonds is 11. The lowest BCUT2D eigenvalue weighted by Gasteiger charge is -2.07. The molecule has 0 amide bonds. The van der Waals surface area contributed by atoms with Crippen molar-refractivity contribution in [1.82, 2.24) is 4.98 Å². The monoisotopic (exact) mass is 389 g/mol. The zero-order valence-corrected chi connectivity index (χ0v) is 17.6. The molecule has 0 radical (unpaired) electrons. The quantitative estimate of drug-likeness (QED) is 0.264. The first-order valence-corrected chi connectivity index (χ1v) is 10.6. The van der Waals surface area contributed by atoms with Gasteiger partial charge in [0.1, 0.15) is 5.75 Å². The number of hydrogen-bond donors (Lipinski definition) is 0. The molecule has 3 aromatic rings. The Balaban J connectivity index is 1.58. The number of ether oxygens (including phenoxy) is 2. The Bertz CT molecular complexity index is 839. The first kappa shape index (κ1) is 21.1. The van der Waals surface area contributed by atoms with Gasteiger partial charge in [-0.25, -0.2) is 0 Å². The molecular weight excluding hydrogens is 358 g/mol. The molecule has 0 atom stereocenters. The fourth-order valence-electron chi connectivity index (χ4n) is 3.38. The van der Waals surface area contributed by atoms with Gasteiger partial charge in [0.2, 0.25) is 0 Å². The van der Waals surface area contributed by atoms with E-state index in [4.69, 9.17) is 9.47 Å². The summed E-state index contributed by atoms with van der Waals surface area (Å²) in [4.78, 5) is 4.65. The normalized spacial score (nSPS) is 10.8. The number of benzene rings is 2. The number of methoxy groups -OCH3 is 1. The summed E-state index contributed by atoms with van der Waals surface area (Å²) in [7, 11) is 1.61. The molecule has 2 aromatic carbocycles. The SMILES string of the molecule is CCCCCCCc1ccc(-c2ccc(-c3ccc(OCOC)cc3)nc2)cc1. The molecular formula is C26H31NO2. The molecule has 0 aliphatic rings. The smallest absolute Gasteiger partial charge is 0.188 e. The summed E-state index contributed by atoms with van der Waals surface area (Å²) in [5.41, 5.74) is 5.80. The zero-order chi connectivity index (χ0) is 20.3. The lowest BCUT2D eigenvalue weighted by Crippen LogP contribution is -1.98. The second-order valence-electron chi connectivity index (χ2n) is 7.37. The summed E-state index contributed by atoms with van der Waals surface area (Å²) in [6.07, 6.45) is 9.75. The van der Waals surface area contributed by atoms with Crippen molar-refractivity contribution in [2.24, 2.45) is 0 Å². The lowest BCUT2D eigenvalue weighted by molar-refractivity contribution is 0.0511. The largest absolute Gasteiger partial charge is 0.468 e. The molecule has 0 saturated carbocycles. The molecule has 0 unspecified atom stereocenters. The summed E-state index contributed by atoms with van der Waals surface area (Å²) in [6.45, 7) is 2.51. The number of aromatic nitrogens is 1. The van der Waals surface area contributed by atoms with Crippen LogP contribution in [0.15, 0.2) is 66.9 Å². The molecule has 1 heterocycles. The fraction of sp³-hybridized carbons (Fsp3) is 0.346. The van der Waals surface area contributed by atoms with Crippen LogP contribution in [-0.2, 0) is 11.2 Å². The van der Waals surface area contributed by atoms with E-state index in [0.717, 1.165) is 22.6 Å². The van der Waals surface area contributed by atoms with Crippen LogP contribution in [0.2, 0.25) is 0 Å². The second-order valence-corrected chi connectivity index (χ2v) is 7.37. The molecule has 3 nitrogen and oxygen atoms in total. The van der Waals surface area contributed by atoms with E-state index in [1.54, 1.807) is 7.11 Å². The summed E-state index contributed by atoms with van der Waals surface area (Å²) in [5.74, 6) is 0.790. The minimum atomic E-state index is 0.254. The second kappa shape index (κ2) is 11.4. The molecule has 3 rings (SSSR count). The van der Waals surface area contributed by atoms with Crippen molar-refractivity contribution < 1.29 is 9.47 Å². The average molecular weight is 390 g/mol. The van der Waals surface area contributed by atoms with Crippen LogP contribution in [0.4, 0.5) is 0 Å². The van der Waals surface area contributed by atoms with Crippen LogP contribution >= 0.6 is 0 Å². The maximum absolute atomic E-state index is 5.43. The third kappa shape index (κ3) is 6.43. The Labute approximate surface area is 174 Å². The number of unbranched alkanes of at least 4 members (excludes halogenated alkanes) is 4. The molecule has 0 bridgehead atoms. The zero-order valence-electron chi connectivity index (χ0n) is 17.6.